The maximum absolute atomic E-state index is 3.92. The Bertz CT molecular complexity index is 284. The lowest BCUT2D eigenvalue weighted by molar-refractivity contribution is 0.115. The van der Waals surface area contributed by atoms with Gasteiger partial charge in [0.1, 0.15) is 0 Å². The number of likely N-dealkylation sites (N-methyl/N-ethyl adjacent to an activating group) is 1. The summed E-state index contributed by atoms with van der Waals surface area (Å²) >= 11 is 2.15. The predicted molar refractivity (Wildman–Crippen MR) is 91.5 cm³/mol. The highest BCUT2D eigenvalue weighted by Gasteiger charge is 2.36. The van der Waals surface area contributed by atoms with E-state index in [2.05, 4.69) is 49.8 Å². The van der Waals surface area contributed by atoms with E-state index in [-0.39, 0.29) is 0 Å². The third kappa shape index (κ3) is 4.14. The van der Waals surface area contributed by atoms with Crippen molar-refractivity contribution in [1.82, 2.24) is 10.2 Å². The van der Waals surface area contributed by atoms with Crippen molar-refractivity contribution >= 4 is 11.8 Å². The van der Waals surface area contributed by atoms with Gasteiger partial charge in [-0.2, -0.15) is 11.8 Å². The van der Waals surface area contributed by atoms with E-state index in [0.29, 0.717) is 6.04 Å². The first-order valence-corrected chi connectivity index (χ1v) is 9.80. The molecule has 5 atom stereocenters. The summed E-state index contributed by atoms with van der Waals surface area (Å²) in [6.45, 7) is 9.64. The molecule has 1 saturated heterocycles. The minimum absolute atomic E-state index is 0.711. The van der Waals surface area contributed by atoms with Gasteiger partial charge in [-0.25, -0.2) is 0 Å². The Labute approximate surface area is 130 Å². The summed E-state index contributed by atoms with van der Waals surface area (Å²) in [4.78, 5) is 2.62. The third-order valence-electron chi connectivity index (χ3n) is 5.63. The molecule has 5 unspecified atom stereocenters. The molecule has 0 aromatic carbocycles. The molecule has 2 fully saturated rings. The Morgan fingerprint density at radius 3 is 2.70 bits per heavy atom. The summed E-state index contributed by atoms with van der Waals surface area (Å²) in [5.41, 5.74) is 0. The Hall–Kier alpha value is 0.270. The fraction of sp³-hybridized carbons (Fsp3) is 1.00. The van der Waals surface area contributed by atoms with Crippen LogP contribution in [-0.4, -0.2) is 48.6 Å². The first kappa shape index (κ1) is 16.6. The molecular formula is C17H34N2S. The van der Waals surface area contributed by atoms with Gasteiger partial charge in [-0.15, -0.1) is 0 Å². The molecule has 1 saturated carbocycles. The molecule has 3 heteroatoms. The van der Waals surface area contributed by atoms with Crippen LogP contribution in [0.1, 0.15) is 46.5 Å². The SMILES string of the molecule is CCCNC(C1CCC(C)C(C)C1)C1CSCCN1C. The summed E-state index contributed by atoms with van der Waals surface area (Å²) in [6.07, 6.45) is 5.54. The van der Waals surface area contributed by atoms with Gasteiger partial charge < -0.3 is 10.2 Å². The van der Waals surface area contributed by atoms with Crippen LogP contribution in [0.5, 0.6) is 0 Å². The van der Waals surface area contributed by atoms with Gasteiger partial charge in [0.05, 0.1) is 0 Å². The van der Waals surface area contributed by atoms with Crippen molar-refractivity contribution in [2.75, 3.05) is 31.6 Å². The monoisotopic (exact) mass is 298 g/mol. The predicted octanol–water partition coefficient (Wildman–Crippen LogP) is 3.47. The zero-order chi connectivity index (χ0) is 14.5. The lowest BCUT2D eigenvalue weighted by Crippen LogP contribution is -2.56. The molecule has 2 aliphatic rings. The van der Waals surface area contributed by atoms with Crippen LogP contribution >= 0.6 is 11.8 Å². The van der Waals surface area contributed by atoms with Gasteiger partial charge in [0.25, 0.3) is 0 Å². The summed E-state index contributed by atoms with van der Waals surface area (Å²) in [7, 11) is 2.33. The molecule has 118 valence electrons. The highest BCUT2D eigenvalue weighted by Crippen LogP contribution is 2.37. The quantitative estimate of drug-likeness (QED) is 0.836. The van der Waals surface area contributed by atoms with Crippen molar-refractivity contribution in [2.45, 2.75) is 58.5 Å². The van der Waals surface area contributed by atoms with Crippen molar-refractivity contribution in [3.63, 3.8) is 0 Å². The Balaban J connectivity index is 2.02. The lowest BCUT2D eigenvalue weighted by Gasteiger charge is -2.45. The minimum Gasteiger partial charge on any atom is -0.312 e. The van der Waals surface area contributed by atoms with Crippen molar-refractivity contribution < 1.29 is 0 Å². The second-order valence-electron chi connectivity index (χ2n) is 7.13. The molecule has 1 N–H and O–H groups in total. The van der Waals surface area contributed by atoms with E-state index < -0.39 is 0 Å². The van der Waals surface area contributed by atoms with Crippen LogP contribution in [0.4, 0.5) is 0 Å². The van der Waals surface area contributed by atoms with Crippen LogP contribution in [0.2, 0.25) is 0 Å². The number of hydrogen-bond acceptors (Lipinski definition) is 3. The van der Waals surface area contributed by atoms with Gasteiger partial charge in [0, 0.05) is 30.1 Å². The van der Waals surface area contributed by atoms with E-state index in [0.717, 1.165) is 23.8 Å². The Kier molecular flexibility index (Phi) is 6.70. The van der Waals surface area contributed by atoms with Gasteiger partial charge in [-0.1, -0.05) is 27.2 Å². The Morgan fingerprint density at radius 1 is 1.25 bits per heavy atom. The second-order valence-corrected chi connectivity index (χ2v) is 8.28. The highest BCUT2D eigenvalue weighted by molar-refractivity contribution is 7.99. The molecule has 2 nitrogen and oxygen atoms in total. The largest absolute Gasteiger partial charge is 0.312 e. The molecule has 20 heavy (non-hydrogen) atoms. The normalized spacial score (nSPS) is 37.8. The molecule has 1 aliphatic carbocycles. The molecule has 1 heterocycles. The van der Waals surface area contributed by atoms with Crippen LogP contribution in [0.15, 0.2) is 0 Å². The number of nitrogens with one attached hydrogen (secondary N) is 1. The summed E-state index contributed by atoms with van der Waals surface area (Å²) < 4.78 is 0. The zero-order valence-corrected chi connectivity index (χ0v) is 14.7. The fourth-order valence-electron chi connectivity index (χ4n) is 3.93. The van der Waals surface area contributed by atoms with Crippen molar-refractivity contribution in [1.29, 1.82) is 0 Å². The molecule has 2 rings (SSSR count). The van der Waals surface area contributed by atoms with E-state index in [4.69, 9.17) is 0 Å². The van der Waals surface area contributed by atoms with Crippen LogP contribution in [0, 0.1) is 17.8 Å². The molecule has 0 aromatic rings. The van der Waals surface area contributed by atoms with E-state index >= 15 is 0 Å². The average molecular weight is 299 g/mol. The lowest BCUT2D eigenvalue weighted by atomic mass is 9.72. The average Bonchev–Trinajstić information content (AvgIpc) is 2.44. The van der Waals surface area contributed by atoms with Crippen LogP contribution in [0.3, 0.4) is 0 Å². The van der Waals surface area contributed by atoms with Crippen molar-refractivity contribution in [3.05, 3.63) is 0 Å². The van der Waals surface area contributed by atoms with Gasteiger partial charge in [0.15, 0.2) is 0 Å². The first-order valence-electron chi connectivity index (χ1n) is 8.64. The molecule has 0 bridgehead atoms. The summed E-state index contributed by atoms with van der Waals surface area (Å²) in [6, 6.07) is 1.45. The van der Waals surface area contributed by atoms with Crippen LogP contribution in [0.25, 0.3) is 0 Å². The molecule has 0 amide bonds. The van der Waals surface area contributed by atoms with Gasteiger partial charge in [-0.3, -0.25) is 0 Å². The second kappa shape index (κ2) is 8.05. The van der Waals surface area contributed by atoms with Gasteiger partial charge in [0.2, 0.25) is 0 Å². The van der Waals surface area contributed by atoms with E-state index in [1.54, 1.807) is 0 Å². The van der Waals surface area contributed by atoms with E-state index in [9.17, 15) is 0 Å². The standard InChI is InChI=1S/C17H34N2S/c1-5-8-18-17(16-12-20-10-9-19(16)4)15-7-6-13(2)14(3)11-15/h13-18H,5-12H2,1-4H3. The van der Waals surface area contributed by atoms with E-state index in [1.165, 1.54) is 50.3 Å². The molecular weight excluding hydrogens is 264 g/mol. The number of hydrogen-bond donors (Lipinski definition) is 1. The molecule has 0 radical (unpaired) electrons. The van der Waals surface area contributed by atoms with Crippen molar-refractivity contribution in [3.8, 4) is 0 Å². The third-order valence-corrected chi connectivity index (χ3v) is 6.68. The van der Waals surface area contributed by atoms with Gasteiger partial charge in [-0.05, 0) is 50.6 Å². The molecule has 0 spiro atoms. The van der Waals surface area contributed by atoms with Crippen molar-refractivity contribution in [2.24, 2.45) is 17.8 Å². The summed E-state index contributed by atoms with van der Waals surface area (Å²) in [5.74, 6) is 5.35. The maximum Gasteiger partial charge on any atom is 0.0339 e. The minimum atomic E-state index is 0.711. The van der Waals surface area contributed by atoms with Gasteiger partial charge >= 0.3 is 0 Å². The first-order chi connectivity index (χ1) is 9.63. The highest BCUT2D eigenvalue weighted by atomic mass is 32.2. The zero-order valence-electron chi connectivity index (χ0n) is 13.9. The molecule has 1 aliphatic heterocycles. The summed E-state index contributed by atoms with van der Waals surface area (Å²) in [5, 5.41) is 3.92. The smallest absolute Gasteiger partial charge is 0.0339 e. The number of nitrogens with zero attached hydrogens (tertiary/aromatic N) is 1. The maximum atomic E-state index is 3.92. The number of rotatable bonds is 5. The van der Waals surface area contributed by atoms with Crippen LogP contribution < -0.4 is 5.32 Å². The fourth-order valence-corrected chi connectivity index (χ4v) is 5.21. The number of thioether (sulfide) groups is 1. The molecule has 0 aromatic heterocycles. The van der Waals surface area contributed by atoms with Crippen LogP contribution in [-0.2, 0) is 0 Å². The van der Waals surface area contributed by atoms with E-state index in [1.807, 2.05) is 0 Å². The topological polar surface area (TPSA) is 15.3 Å². The Morgan fingerprint density at radius 2 is 2.05 bits per heavy atom.